The molecule has 0 saturated carbocycles. The van der Waals surface area contributed by atoms with Gasteiger partial charge < -0.3 is 0 Å². The maximum absolute atomic E-state index is 12.2. The molecule has 0 aromatic heterocycles. The molecular formula is C15H14BNO4S. The Balaban J connectivity index is 2.21. The minimum absolute atomic E-state index is 0.0547. The first-order valence-electron chi connectivity index (χ1n) is 6.52. The third-order valence-electron chi connectivity index (χ3n) is 3.28. The van der Waals surface area contributed by atoms with Crippen LogP contribution in [0.3, 0.4) is 0 Å². The van der Waals surface area contributed by atoms with Crippen molar-refractivity contribution in [1.82, 2.24) is 0 Å². The predicted molar refractivity (Wildman–Crippen MR) is 83.1 cm³/mol. The summed E-state index contributed by atoms with van der Waals surface area (Å²) in [6.07, 6.45) is 0.145. The fourth-order valence-corrected chi connectivity index (χ4v) is 2.94. The summed E-state index contributed by atoms with van der Waals surface area (Å²) < 4.78 is 33.3. The van der Waals surface area contributed by atoms with Crippen LogP contribution in [0.5, 0.6) is 0 Å². The van der Waals surface area contributed by atoms with Gasteiger partial charge in [-0.1, -0.05) is 0 Å². The minimum atomic E-state index is -3.76. The van der Waals surface area contributed by atoms with Crippen molar-refractivity contribution in [1.29, 1.82) is 0 Å². The van der Waals surface area contributed by atoms with Crippen LogP contribution in [0.2, 0.25) is 0 Å². The summed E-state index contributed by atoms with van der Waals surface area (Å²) in [6.45, 7) is 1.63. The number of rotatable bonds is 5. The normalized spacial score (nSPS) is 11.0. The Morgan fingerprint density at radius 1 is 1.14 bits per heavy atom. The third kappa shape index (κ3) is 3.75. The zero-order valence-electron chi connectivity index (χ0n) is 11.9. The number of carbonyl (C=O) groups is 1. The van der Waals surface area contributed by atoms with Crippen LogP contribution in [0.1, 0.15) is 21.5 Å². The topological polar surface area (TPSA) is 94.3 Å². The van der Waals surface area contributed by atoms with Gasteiger partial charge in [0.1, 0.15) is 0 Å². The number of hydrogen-bond donors (Lipinski definition) is 1. The Morgan fingerprint density at radius 2 is 1.77 bits per heavy atom. The zero-order chi connectivity index (χ0) is 16.3. The van der Waals surface area contributed by atoms with Gasteiger partial charge in [-0.2, -0.15) is 0 Å². The number of aryl methyl sites for hydroxylation is 1. The van der Waals surface area contributed by atoms with Crippen LogP contribution in [0, 0.1) is 6.92 Å². The molecule has 2 rings (SSSR count). The van der Waals surface area contributed by atoms with E-state index in [-0.39, 0.29) is 17.1 Å². The van der Waals surface area contributed by atoms with Gasteiger partial charge in [-0.05, 0) is 0 Å². The Kier molecular flexibility index (Phi) is 4.68. The molecule has 0 fully saturated rings. The van der Waals surface area contributed by atoms with Gasteiger partial charge >= 0.3 is 129 Å². The molecule has 0 bridgehead atoms. The van der Waals surface area contributed by atoms with Crippen LogP contribution in [0.4, 0.5) is 0 Å². The summed E-state index contributed by atoms with van der Waals surface area (Å²) >= 11 is 0. The van der Waals surface area contributed by atoms with E-state index in [2.05, 4.69) is 0 Å². The molecule has 0 spiro atoms. The van der Waals surface area contributed by atoms with Crippen molar-refractivity contribution in [3.05, 3.63) is 59.2 Å². The molecule has 0 radical (unpaired) electrons. The summed E-state index contributed by atoms with van der Waals surface area (Å²) in [5.41, 5.74) is 2.21. The summed E-state index contributed by atoms with van der Waals surface area (Å²) in [5.74, 6) is -0.111. The Labute approximate surface area is 129 Å². The molecule has 0 aliphatic heterocycles. The van der Waals surface area contributed by atoms with Crippen molar-refractivity contribution in [2.75, 3.05) is 0 Å². The van der Waals surface area contributed by atoms with E-state index in [4.69, 9.17) is 5.14 Å². The van der Waals surface area contributed by atoms with Crippen molar-refractivity contribution in [2.24, 2.45) is 5.14 Å². The van der Waals surface area contributed by atoms with E-state index >= 15 is 0 Å². The summed E-state index contributed by atoms with van der Waals surface area (Å²) in [5, 5.41) is 5.10. The van der Waals surface area contributed by atoms with Crippen LogP contribution in [-0.2, 0) is 21.1 Å². The van der Waals surface area contributed by atoms with Gasteiger partial charge in [0.2, 0.25) is 0 Å². The molecule has 0 atom stereocenters. The predicted octanol–water partition coefficient (Wildman–Crippen LogP) is 0.743. The average molecular weight is 315 g/mol. The van der Waals surface area contributed by atoms with Crippen LogP contribution >= 0.6 is 0 Å². The first-order chi connectivity index (χ1) is 10.3. The second kappa shape index (κ2) is 6.33. The summed E-state index contributed by atoms with van der Waals surface area (Å²) in [7, 11) is -3.04. The van der Waals surface area contributed by atoms with Crippen LogP contribution in [0.15, 0.2) is 47.4 Å². The van der Waals surface area contributed by atoms with Crippen molar-refractivity contribution >= 4 is 28.4 Å². The van der Waals surface area contributed by atoms with E-state index in [1.54, 1.807) is 43.3 Å². The van der Waals surface area contributed by atoms with Crippen molar-refractivity contribution in [3.8, 4) is 0 Å². The molecule has 0 unspecified atom stereocenters. The van der Waals surface area contributed by atoms with Gasteiger partial charge in [-0.3, -0.25) is 0 Å². The van der Waals surface area contributed by atoms with E-state index in [9.17, 15) is 17.9 Å². The van der Waals surface area contributed by atoms with Crippen LogP contribution in [0.25, 0.3) is 0 Å². The van der Waals surface area contributed by atoms with Crippen molar-refractivity contribution < 1.29 is 17.9 Å². The Morgan fingerprint density at radius 3 is 2.27 bits per heavy atom. The molecule has 5 nitrogen and oxygen atoms in total. The van der Waals surface area contributed by atoms with E-state index in [0.717, 1.165) is 0 Å². The maximum atomic E-state index is 12.2. The second-order valence-electron chi connectivity index (χ2n) is 4.98. The number of benzene rings is 2. The third-order valence-corrected chi connectivity index (χ3v) is 4.35. The van der Waals surface area contributed by atoms with Gasteiger partial charge in [0.25, 0.3) is 0 Å². The number of nitrogens with two attached hydrogens (primary N) is 1. The first kappa shape index (κ1) is 16.3. The number of Topliss-reactive ketones (excluding diaryl/α,β-unsaturated/α-hetero) is 1. The van der Waals surface area contributed by atoms with Gasteiger partial charge in [-0.15, -0.1) is 0 Å². The summed E-state index contributed by atoms with van der Waals surface area (Å²) in [4.78, 5) is 12.2. The van der Waals surface area contributed by atoms with Crippen LogP contribution < -0.4 is 10.6 Å². The fourth-order valence-electron chi connectivity index (χ4n) is 2.18. The number of sulfonamides is 1. The molecule has 0 aliphatic rings. The molecule has 112 valence electrons. The molecule has 0 heterocycles. The van der Waals surface area contributed by atoms with Gasteiger partial charge in [-0.25, -0.2) is 0 Å². The van der Waals surface area contributed by atoms with Crippen LogP contribution in [-0.4, -0.2) is 21.4 Å². The second-order valence-corrected chi connectivity index (χ2v) is 6.51. The summed E-state index contributed by atoms with van der Waals surface area (Å²) in [6, 6.07) is 11.0. The number of primary sulfonamides is 1. The molecule has 7 heteroatoms. The van der Waals surface area contributed by atoms with Crippen molar-refractivity contribution in [3.63, 3.8) is 0 Å². The number of ketones is 1. The molecule has 2 N–H and O–H groups in total. The van der Waals surface area contributed by atoms with E-state index in [1.807, 2.05) is 0 Å². The molecule has 0 amide bonds. The van der Waals surface area contributed by atoms with Gasteiger partial charge in [0, 0.05) is 0 Å². The van der Waals surface area contributed by atoms with Gasteiger partial charge in [0.15, 0.2) is 0 Å². The first-order valence-corrected chi connectivity index (χ1v) is 8.06. The van der Waals surface area contributed by atoms with Gasteiger partial charge in [0.05, 0.1) is 0 Å². The average Bonchev–Trinajstić information content (AvgIpc) is 2.46. The molecule has 22 heavy (non-hydrogen) atoms. The van der Waals surface area contributed by atoms with Crippen molar-refractivity contribution in [2.45, 2.75) is 18.2 Å². The van der Waals surface area contributed by atoms with E-state index in [0.29, 0.717) is 29.3 Å². The Hall–Kier alpha value is -2.12. The zero-order valence-corrected chi connectivity index (χ0v) is 12.8. The number of carbonyl (C=O) groups excluding carboxylic acids is 1. The molecule has 2 aromatic rings. The molecule has 0 aliphatic carbocycles. The monoisotopic (exact) mass is 315 g/mol. The van der Waals surface area contributed by atoms with E-state index in [1.165, 1.54) is 6.07 Å². The van der Waals surface area contributed by atoms with E-state index < -0.39 is 10.0 Å². The SMILES string of the molecule is Cc1cc(CC(=O)c2ccc(B=O)cc2)ccc1S(N)(=O)=O. The molecular weight excluding hydrogens is 301 g/mol. The molecule has 2 aromatic carbocycles. The fraction of sp³-hybridized carbons (Fsp3) is 0.133. The standard InChI is InChI=1S/C15H14BNO4S/c1-10-8-11(2-7-15(10)22(17,20)21)9-14(18)12-3-5-13(16-19)6-4-12/h2-8H,9H2,1H3,(H2,17,20,21). The number of hydrogen-bond acceptors (Lipinski definition) is 4. The molecule has 0 saturated heterocycles. The Bertz CT molecular complexity index is 829. The quantitative estimate of drug-likeness (QED) is 0.650.